The SMILES string of the molecule is CC(C)CC1=Nc2ccccc2CC1=O.CCC1=Nc2ccccc2CC1=O. The number of carbonyl (C=O) groups excluding carboxylic acids is 2. The molecule has 0 atom stereocenters. The molecule has 0 saturated heterocycles. The maximum absolute atomic E-state index is 11.8. The zero-order valence-corrected chi connectivity index (χ0v) is 16.7. The summed E-state index contributed by atoms with van der Waals surface area (Å²) in [6.45, 7) is 6.18. The van der Waals surface area contributed by atoms with E-state index in [1.807, 2.05) is 55.5 Å². The Kier molecular flexibility index (Phi) is 6.30. The highest BCUT2D eigenvalue weighted by Crippen LogP contribution is 2.26. The molecule has 2 aromatic rings. The van der Waals surface area contributed by atoms with Crippen molar-refractivity contribution in [3.8, 4) is 0 Å². The Bertz CT molecular complexity index is 955. The minimum Gasteiger partial charge on any atom is -0.292 e. The van der Waals surface area contributed by atoms with Gasteiger partial charge in [-0.15, -0.1) is 0 Å². The van der Waals surface area contributed by atoms with Gasteiger partial charge in [0.05, 0.1) is 22.8 Å². The average molecular weight is 374 g/mol. The molecule has 0 unspecified atom stereocenters. The maximum atomic E-state index is 11.8. The lowest BCUT2D eigenvalue weighted by atomic mass is 9.95. The summed E-state index contributed by atoms with van der Waals surface area (Å²) in [6, 6.07) is 15.7. The summed E-state index contributed by atoms with van der Waals surface area (Å²) in [4.78, 5) is 32.0. The molecule has 144 valence electrons. The Balaban J connectivity index is 0.000000162. The second-order valence-corrected chi connectivity index (χ2v) is 7.53. The van der Waals surface area contributed by atoms with Crippen LogP contribution in [0.15, 0.2) is 58.5 Å². The smallest absolute Gasteiger partial charge is 0.181 e. The summed E-state index contributed by atoms with van der Waals surface area (Å²) in [5.74, 6) is 0.835. The van der Waals surface area contributed by atoms with Gasteiger partial charge in [-0.2, -0.15) is 0 Å². The molecule has 0 fully saturated rings. The highest BCUT2D eigenvalue weighted by Gasteiger charge is 2.20. The third kappa shape index (κ3) is 4.69. The van der Waals surface area contributed by atoms with E-state index in [1.165, 1.54) is 0 Å². The molecule has 28 heavy (non-hydrogen) atoms. The fourth-order valence-electron chi connectivity index (χ4n) is 3.33. The second-order valence-electron chi connectivity index (χ2n) is 7.53. The van der Waals surface area contributed by atoms with Crippen LogP contribution in [0.3, 0.4) is 0 Å². The zero-order valence-electron chi connectivity index (χ0n) is 16.7. The maximum Gasteiger partial charge on any atom is 0.181 e. The standard InChI is InChI=1S/C13H15NO.C11H11NO/c1-9(2)7-12-13(15)8-10-5-3-4-6-11(10)14-12;1-2-9-11(13)7-8-5-3-4-6-10(8)12-9/h3-6,9H,7-8H2,1-2H3;3-6H,2,7H2,1H3. The van der Waals surface area contributed by atoms with Gasteiger partial charge in [0.15, 0.2) is 11.6 Å². The molecule has 0 aromatic heterocycles. The van der Waals surface area contributed by atoms with Crippen LogP contribution in [0.4, 0.5) is 11.4 Å². The first-order chi connectivity index (χ1) is 13.5. The van der Waals surface area contributed by atoms with Gasteiger partial charge in [-0.25, -0.2) is 9.98 Å². The molecule has 0 bridgehead atoms. The highest BCUT2D eigenvalue weighted by molar-refractivity contribution is 6.42. The lowest BCUT2D eigenvalue weighted by molar-refractivity contribution is -0.113. The van der Waals surface area contributed by atoms with Crippen molar-refractivity contribution in [2.75, 3.05) is 0 Å². The Morgan fingerprint density at radius 3 is 1.75 bits per heavy atom. The molecule has 4 heteroatoms. The number of hydrogen-bond donors (Lipinski definition) is 0. The van der Waals surface area contributed by atoms with Gasteiger partial charge in [0.2, 0.25) is 0 Å². The molecule has 4 nitrogen and oxygen atoms in total. The van der Waals surface area contributed by atoms with Crippen LogP contribution in [-0.4, -0.2) is 23.0 Å². The second kappa shape index (κ2) is 8.87. The number of carbonyl (C=O) groups is 2. The first kappa shape index (κ1) is 19.9. The minimum absolute atomic E-state index is 0.168. The summed E-state index contributed by atoms with van der Waals surface area (Å²) in [6.07, 6.45) is 2.55. The molecule has 0 saturated carbocycles. The molecule has 0 N–H and O–H groups in total. The van der Waals surface area contributed by atoms with Gasteiger partial charge < -0.3 is 0 Å². The van der Waals surface area contributed by atoms with Crippen molar-refractivity contribution in [3.63, 3.8) is 0 Å². The van der Waals surface area contributed by atoms with E-state index in [4.69, 9.17) is 0 Å². The quantitative estimate of drug-likeness (QED) is 0.739. The summed E-state index contributed by atoms with van der Waals surface area (Å²) in [5, 5.41) is 0. The largest absolute Gasteiger partial charge is 0.292 e. The molecule has 4 rings (SSSR count). The third-order valence-electron chi connectivity index (χ3n) is 4.78. The van der Waals surface area contributed by atoms with Crippen LogP contribution in [0.25, 0.3) is 0 Å². The fourth-order valence-corrected chi connectivity index (χ4v) is 3.33. The van der Waals surface area contributed by atoms with E-state index in [-0.39, 0.29) is 11.6 Å². The predicted molar refractivity (Wildman–Crippen MR) is 114 cm³/mol. The van der Waals surface area contributed by atoms with Crippen molar-refractivity contribution in [3.05, 3.63) is 59.7 Å². The van der Waals surface area contributed by atoms with Crippen LogP contribution in [0.2, 0.25) is 0 Å². The van der Waals surface area contributed by atoms with Crippen LogP contribution in [0.5, 0.6) is 0 Å². The van der Waals surface area contributed by atoms with E-state index in [9.17, 15) is 9.59 Å². The first-order valence-corrected chi connectivity index (χ1v) is 9.85. The number of ketones is 2. The number of benzene rings is 2. The summed E-state index contributed by atoms with van der Waals surface area (Å²) in [5.41, 5.74) is 5.47. The van der Waals surface area contributed by atoms with Crippen LogP contribution in [0, 0.1) is 5.92 Å². The van der Waals surface area contributed by atoms with Crippen LogP contribution < -0.4 is 0 Å². The van der Waals surface area contributed by atoms with Crippen molar-refractivity contribution in [2.45, 2.75) is 46.5 Å². The molecular formula is C24H26N2O2. The van der Waals surface area contributed by atoms with Gasteiger partial charge in [0.25, 0.3) is 0 Å². The molecule has 0 spiro atoms. The lowest BCUT2D eigenvalue weighted by Gasteiger charge is -2.15. The molecule has 0 radical (unpaired) electrons. The summed E-state index contributed by atoms with van der Waals surface area (Å²) >= 11 is 0. The normalized spacial score (nSPS) is 15.1. The van der Waals surface area contributed by atoms with Gasteiger partial charge in [0, 0.05) is 12.8 Å². The van der Waals surface area contributed by atoms with E-state index in [0.29, 0.717) is 24.5 Å². The average Bonchev–Trinajstić information content (AvgIpc) is 2.68. The van der Waals surface area contributed by atoms with Crippen LogP contribution in [-0.2, 0) is 22.4 Å². The molecule has 0 amide bonds. The summed E-state index contributed by atoms with van der Waals surface area (Å²) in [7, 11) is 0. The topological polar surface area (TPSA) is 58.9 Å². The third-order valence-corrected chi connectivity index (χ3v) is 4.78. The Hall–Kier alpha value is -2.88. The Labute approximate surface area is 166 Å². The van der Waals surface area contributed by atoms with E-state index in [1.54, 1.807) is 0 Å². The van der Waals surface area contributed by atoms with Gasteiger partial charge in [-0.1, -0.05) is 57.2 Å². The van der Waals surface area contributed by atoms with Crippen LogP contribution >= 0.6 is 0 Å². The van der Waals surface area contributed by atoms with Crippen molar-refractivity contribution >= 4 is 34.4 Å². The first-order valence-electron chi connectivity index (χ1n) is 9.85. The fraction of sp³-hybridized carbons (Fsp3) is 0.333. The number of rotatable bonds is 3. The lowest BCUT2D eigenvalue weighted by Crippen LogP contribution is -2.21. The van der Waals surface area contributed by atoms with E-state index < -0.39 is 0 Å². The molecule has 2 heterocycles. The van der Waals surface area contributed by atoms with Gasteiger partial charge in [0.1, 0.15) is 0 Å². The van der Waals surface area contributed by atoms with Crippen molar-refractivity contribution < 1.29 is 9.59 Å². The molecule has 2 aromatic carbocycles. The van der Waals surface area contributed by atoms with E-state index in [0.717, 1.165) is 41.1 Å². The number of Topliss-reactive ketones (excluding diaryl/α,β-unsaturated/α-hetero) is 2. The van der Waals surface area contributed by atoms with Gasteiger partial charge in [-0.05, 0) is 42.0 Å². The zero-order chi connectivity index (χ0) is 20.1. The number of hydrogen-bond acceptors (Lipinski definition) is 4. The summed E-state index contributed by atoms with van der Waals surface area (Å²) < 4.78 is 0. The number of aliphatic imine (C=N–C) groups is 2. The van der Waals surface area contributed by atoms with Crippen molar-refractivity contribution in [1.29, 1.82) is 0 Å². The van der Waals surface area contributed by atoms with E-state index >= 15 is 0 Å². The number of nitrogens with zero attached hydrogens (tertiary/aromatic N) is 2. The minimum atomic E-state index is 0.168. The molecule has 2 aliphatic rings. The monoisotopic (exact) mass is 374 g/mol. The molecule has 2 aliphatic heterocycles. The van der Waals surface area contributed by atoms with E-state index in [2.05, 4.69) is 23.8 Å². The number of para-hydroxylation sites is 2. The number of fused-ring (bicyclic) bond motifs is 2. The molecular weight excluding hydrogens is 348 g/mol. The Morgan fingerprint density at radius 2 is 1.25 bits per heavy atom. The predicted octanol–water partition coefficient (Wildman–Crippen LogP) is 5.22. The Morgan fingerprint density at radius 1 is 0.786 bits per heavy atom. The van der Waals surface area contributed by atoms with Gasteiger partial charge >= 0.3 is 0 Å². The molecule has 0 aliphatic carbocycles. The van der Waals surface area contributed by atoms with Gasteiger partial charge in [-0.3, -0.25) is 9.59 Å². The van der Waals surface area contributed by atoms with Crippen molar-refractivity contribution in [1.82, 2.24) is 0 Å². The highest BCUT2D eigenvalue weighted by atomic mass is 16.1. The van der Waals surface area contributed by atoms with Crippen LogP contribution in [0.1, 0.15) is 44.7 Å². The van der Waals surface area contributed by atoms with Crippen molar-refractivity contribution in [2.24, 2.45) is 15.9 Å².